The van der Waals surface area contributed by atoms with E-state index in [1.807, 2.05) is 18.2 Å². The first-order valence-electron chi connectivity index (χ1n) is 9.53. The Labute approximate surface area is 164 Å². The van der Waals surface area contributed by atoms with Gasteiger partial charge in [0.2, 0.25) is 0 Å². The fourth-order valence-electron chi connectivity index (χ4n) is 3.61. The molecular formula is C20H33ClO4S. The van der Waals surface area contributed by atoms with Crippen molar-refractivity contribution in [3.05, 3.63) is 34.9 Å². The lowest BCUT2D eigenvalue weighted by Crippen LogP contribution is -2.39. The van der Waals surface area contributed by atoms with Gasteiger partial charge in [0.15, 0.2) is 0 Å². The molecule has 1 aromatic rings. The minimum Gasteiger partial charge on any atom is -0.368 e. The van der Waals surface area contributed by atoms with Crippen LogP contribution in [0.1, 0.15) is 64.9 Å². The minimum absolute atomic E-state index is 0.0229. The van der Waals surface area contributed by atoms with Crippen molar-refractivity contribution < 1.29 is 17.3 Å². The van der Waals surface area contributed by atoms with Crippen molar-refractivity contribution in [3.8, 4) is 0 Å². The Bertz CT molecular complexity index is 632. The van der Waals surface area contributed by atoms with Gasteiger partial charge in [-0.1, -0.05) is 70.2 Å². The van der Waals surface area contributed by atoms with Gasteiger partial charge in [0.05, 0.1) is 25.1 Å². The third-order valence-electron chi connectivity index (χ3n) is 4.73. The highest BCUT2D eigenvalue weighted by molar-refractivity contribution is 7.85. The average Bonchev–Trinajstić information content (AvgIpc) is 2.58. The Morgan fingerprint density at radius 3 is 2.42 bits per heavy atom. The lowest BCUT2D eigenvalue weighted by atomic mass is 9.74. The molecule has 0 radical (unpaired) electrons. The molecule has 0 aromatic heterocycles. The summed E-state index contributed by atoms with van der Waals surface area (Å²) < 4.78 is 33.8. The molecule has 26 heavy (non-hydrogen) atoms. The number of ether oxygens (including phenoxy) is 1. The number of rotatable bonds is 13. The summed E-state index contributed by atoms with van der Waals surface area (Å²) in [7, 11) is -3.47. The molecule has 0 spiro atoms. The first-order valence-corrected chi connectivity index (χ1v) is 11.7. The van der Waals surface area contributed by atoms with Crippen molar-refractivity contribution in [1.82, 2.24) is 0 Å². The molecule has 0 bridgehead atoms. The van der Waals surface area contributed by atoms with Gasteiger partial charge in [-0.3, -0.25) is 4.18 Å². The van der Waals surface area contributed by atoms with E-state index < -0.39 is 15.7 Å². The topological polar surface area (TPSA) is 52.6 Å². The highest BCUT2D eigenvalue weighted by Gasteiger charge is 2.39. The molecule has 6 heteroatoms. The van der Waals surface area contributed by atoms with Crippen molar-refractivity contribution in [2.75, 3.05) is 19.5 Å². The summed E-state index contributed by atoms with van der Waals surface area (Å²) in [6, 6.07) is 7.85. The fraction of sp³-hybridized carbons (Fsp3) is 0.700. The first-order chi connectivity index (χ1) is 12.3. The molecule has 0 saturated carbocycles. The van der Waals surface area contributed by atoms with Crippen LogP contribution >= 0.6 is 11.6 Å². The Hall–Kier alpha value is -0.620. The van der Waals surface area contributed by atoms with Crippen molar-refractivity contribution in [1.29, 1.82) is 0 Å². The molecule has 0 saturated heterocycles. The van der Waals surface area contributed by atoms with Crippen LogP contribution in [0.5, 0.6) is 0 Å². The highest BCUT2D eigenvalue weighted by Crippen LogP contribution is 2.43. The predicted octanol–water partition coefficient (Wildman–Crippen LogP) is 5.54. The number of benzene rings is 1. The van der Waals surface area contributed by atoms with Crippen LogP contribution in [-0.4, -0.2) is 27.9 Å². The van der Waals surface area contributed by atoms with Gasteiger partial charge >= 0.3 is 0 Å². The summed E-state index contributed by atoms with van der Waals surface area (Å²) in [5.74, 6) is 0.333. The average molecular weight is 405 g/mol. The van der Waals surface area contributed by atoms with E-state index in [0.29, 0.717) is 10.9 Å². The molecule has 4 nitrogen and oxygen atoms in total. The monoisotopic (exact) mass is 404 g/mol. The Balaban J connectivity index is 3.16. The van der Waals surface area contributed by atoms with Gasteiger partial charge in [-0.25, -0.2) is 0 Å². The first kappa shape index (κ1) is 23.4. The van der Waals surface area contributed by atoms with Gasteiger partial charge in [0.1, 0.15) is 0 Å². The highest BCUT2D eigenvalue weighted by atomic mass is 35.5. The molecule has 1 rings (SSSR count). The number of hydrogen-bond donors (Lipinski definition) is 0. The molecule has 0 heterocycles. The Morgan fingerprint density at radius 1 is 1.15 bits per heavy atom. The summed E-state index contributed by atoms with van der Waals surface area (Å²) >= 11 is 6.26. The van der Waals surface area contributed by atoms with Crippen LogP contribution in [0.25, 0.3) is 0 Å². The maximum atomic E-state index is 11.2. The van der Waals surface area contributed by atoms with E-state index in [2.05, 4.69) is 26.8 Å². The van der Waals surface area contributed by atoms with Gasteiger partial charge in [-0.2, -0.15) is 8.42 Å². The third kappa shape index (κ3) is 7.18. The normalized spacial score (nSPS) is 15.6. The second-order valence-corrected chi connectivity index (χ2v) is 8.85. The number of unbranched alkanes of at least 4 members (excludes halogenated alkanes) is 1. The molecular weight excluding hydrogens is 372 g/mol. The predicted molar refractivity (Wildman–Crippen MR) is 108 cm³/mol. The van der Waals surface area contributed by atoms with Crippen LogP contribution in [0.4, 0.5) is 0 Å². The molecule has 2 atom stereocenters. The molecule has 0 aliphatic rings. The van der Waals surface area contributed by atoms with Gasteiger partial charge in [-0.05, 0) is 36.5 Å². The maximum absolute atomic E-state index is 11.2. The standard InChI is InChI=1S/C20H33ClO4S/c1-5-8-10-17(7-3)20(13-6-2,18-11-9-12-19(21)16-18)24-14-15-25-26(4,22)23/h9,11-12,16-17H,5-8,10,13-15H2,1-4H3/t17-,20+/m0/s1. The molecule has 0 unspecified atom stereocenters. The molecule has 0 amide bonds. The zero-order valence-electron chi connectivity index (χ0n) is 16.5. The second-order valence-electron chi connectivity index (χ2n) is 6.77. The molecule has 0 aliphatic heterocycles. The van der Waals surface area contributed by atoms with E-state index in [0.717, 1.165) is 50.3 Å². The van der Waals surface area contributed by atoms with E-state index in [4.69, 9.17) is 20.5 Å². The molecule has 0 N–H and O–H groups in total. The lowest BCUT2D eigenvalue weighted by molar-refractivity contribution is -0.110. The van der Waals surface area contributed by atoms with Crippen molar-refractivity contribution in [2.45, 2.75) is 64.9 Å². The quantitative estimate of drug-likeness (QED) is 0.319. The summed E-state index contributed by atoms with van der Waals surface area (Å²) in [6.07, 6.45) is 7.18. The fourth-order valence-corrected chi connectivity index (χ4v) is 4.17. The zero-order valence-corrected chi connectivity index (χ0v) is 18.0. The van der Waals surface area contributed by atoms with Crippen molar-refractivity contribution in [2.24, 2.45) is 5.92 Å². The number of hydrogen-bond acceptors (Lipinski definition) is 4. The van der Waals surface area contributed by atoms with Gasteiger partial charge in [0, 0.05) is 5.02 Å². The van der Waals surface area contributed by atoms with E-state index >= 15 is 0 Å². The van der Waals surface area contributed by atoms with Gasteiger partial charge in [0.25, 0.3) is 10.1 Å². The zero-order chi connectivity index (χ0) is 19.6. The molecule has 0 fully saturated rings. The van der Waals surface area contributed by atoms with E-state index in [-0.39, 0.29) is 13.2 Å². The lowest BCUT2D eigenvalue weighted by Gasteiger charge is -2.41. The molecule has 1 aromatic carbocycles. The van der Waals surface area contributed by atoms with E-state index in [9.17, 15) is 8.42 Å². The van der Waals surface area contributed by atoms with Crippen LogP contribution in [0.2, 0.25) is 5.02 Å². The SMILES string of the molecule is CCCC[C@H](CC)[C@@](CCC)(OCCOS(C)(=O)=O)c1cccc(Cl)c1. The van der Waals surface area contributed by atoms with Crippen LogP contribution in [0, 0.1) is 5.92 Å². The molecule has 0 aliphatic carbocycles. The van der Waals surface area contributed by atoms with Gasteiger partial charge in [-0.15, -0.1) is 0 Å². The summed E-state index contributed by atoms with van der Waals surface area (Å²) in [6.45, 7) is 6.76. The van der Waals surface area contributed by atoms with E-state index in [1.54, 1.807) is 0 Å². The second kappa shape index (κ2) is 11.3. The summed E-state index contributed by atoms with van der Waals surface area (Å²) in [5, 5.41) is 0.685. The van der Waals surface area contributed by atoms with Crippen molar-refractivity contribution >= 4 is 21.7 Å². The third-order valence-corrected chi connectivity index (χ3v) is 5.56. The van der Waals surface area contributed by atoms with Crippen LogP contribution < -0.4 is 0 Å². The Morgan fingerprint density at radius 2 is 1.88 bits per heavy atom. The van der Waals surface area contributed by atoms with Crippen LogP contribution in [-0.2, 0) is 24.6 Å². The van der Waals surface area contributed by atoms with Gasteiger partial charge < -0.3 is 4.74 Å². The summed E-state index contributed by atoms with van der Waals surface area (Å²) in [5.41, 5.74) is 0.582. The minimum atomic E-state index is -3.47. The Kier molecular flexibility index (Phi) is 10.2. The smallest absolute Gasteiger partial charge is 0.264 e. The summed E-state index contributed by atoms with van der Waals surface area (Å²) in [4.78, 5) is 0. The molecule has 150 valence electrons. The van der Waals surface area contributed by atoms with Crippen LogP contribution in [0.3, 0.4) is 0 Å². The maximum Gasteiger partial charge on any atom is 0.264 e. The van der Waals surface area contributed by atoms with Crippen LogP contribution in [0.15, 0.2) is 24.3 Å². The van der Waals surface area contributed by atoms with Crippen molar-refractivity contribution in [3.63, 3.8) is 0 Å². The van der Waals surface area contributed by atoms with E-state index in [1.165, 1.54) is 0 Å². The number of halogens is 1. The largest absolute Gasteiger partial charge is 0.368 e.